The second-order valence-electron chi connectivity index (χ2n) is 16.5. The van der Waals surface area contributed by atoms with E-state index >= 15 is 0 Å². The summed E-state index contributed by atoms with van der Waals surface area (Å²) in [6, 6.07) is 20.5. The zero-order chi connectivity index (χ0) is 43.5. The van der Waals surface area contributed by atoms with E-state index in [0.717, 1.165) is 82.1 Å². The summed E-state index contributed by atoms with van der Waals surface area (Å²) in [6.45, 7) is 4.92. The molecule has 5 aliphatic heterocycles. The van der Waals surface area contributed by atoms with Crippen LogP contribution in [0.5, 0.6) is 23.0 Å². The van der Waals surface area contributed by atoms with E-state index in [9.17, 15) is 9.59 Å². The van der Waals surface area contributed by atoms with Gasteiger partial charge in [-0.15, -0.1) is 0 Å². The first kappa shape index (κ1) is 43.1. The van der Waals surface area contributed by atoms with Crippen molar-refractivity contribution in [3.05, 3.63) is 71.8 Å². The summed E-state index contributed by atoms with van der Waals surface area (Å²) in [4.78, 5) is 31.0. The van der Waals surface area contributed by atoms with Crippen molar-refractivity contribution in [1.29, 1.82) is 0 Å². The topological polar surface area (TPSA) is 159 Å². The molecule has 4 aromatic rings. The Balaban J connectivity index is 0.000000195. The third kappa shape index (κ3) is 9.99. The van der Waals surface area contributed by atoms with E-state index in [2.05, 4.69) is 54.6 Å². The zero-order valence-corrected chi connectivity index (χ0v) is 36.2. The molecule has 4 amide bonds. The van der Waals surface area contributed by atoms with E-state index in [1.165, 1.54) is 60.9 Å². The van der Waals surface area contributed by atoms with Crippen molar-refractivity contribution in [2.75, 3.05) is 102 Å². The summed E-state index contributed by atoms with van der Waals surface area (Å²) in [6.07, 6.45) is 2.61. The third-order valence-corrected chi connectivity index (χ3v) is 11.8. The van der Waals surface area contributed by atoms with Gasteiger partial charge >= 0.3 is 12.1 Å². The van der Waals surface area contributed by atoms with Crippen molar-refractivity contribution in [2.24, 2.45) is 5.92 Å². The minimum atomic E-state index is -0.523. The fourth-order valence-electron chi connectivity index (χ4n) is 8.06. The summed E-state index contributed by atoms with van der Waals surface area (Å²) in [5, 5.41) is 4.51. The summed E-state index contributed by atoms with van der Waals surface area (Å²) in [5.41, 5.74) is 2.21. The highest BCUT2D eigenvalue weighted by Crippen LogP contribution is 2.40. The molecular formula is C46H56N4O13. The molecule has 1 aliphatic carbocycles. The maximum atomic E-state index is 12.6. The molecule has 3 unspecified atom stereocenters. The Kier molecular flexibility index (Phi) is 13.2. The van der Waals surface area contributed by atoms with Crippen LogP contribution in [0.1, 0.15) is 24.0 Å². The van der Waals surface area contributed by atoms with Gasteiger partial charge < -0.3 is 52.1 Å². The lowest BCUT2D eigenvalue weighted by Gasteiger charge is -2.28. The van der Waals surface area contributed by atoms with Crippen LogP contribution in [0.25, 0.3) is 21.5 Å². The largest absolute Gasteiger partial charge is 0.493 e. The molecule has 6 fully saturated rings. The van der Waals surface area contributed by atoms with Crippen LogP contribution in [0, 0.1) is 5.92 Å². The first-order valence-corrected chi connectivity index (χ1v) is 21.4. The summed E-state index contributed by atoms with van der Waals surface area (Å²) < 4.78 is 61.7. The van der Waals surface area contributed by atoms with Gasteiger partial charge in [-0.3, -0.25) is 19.6 Å². The SMILES string of the molecule is COCN1C(=O)N(COC)C2C1N(COC)C(=O)N2COC.c1cc2ccc(OCC3CO3)c(Cc3c(OCC4CO4)ccc4ccc(OCC5CO5)cc34)c2cc1OCC1CC1. The molecule has 1 saturated carbocycles. The van der Waals surface area contributed by atoms with E-state index < -0.39 is 12.3 Å². The average molecular weight is 873 g/mol. The molecule has 0 bridgehead atoms. The molecule has 0 N–H and O–H groups in total. The minimum Gasteiger partial charge on any atom is -0.493 e. The number of rotatable bonds is 22. The van der Waals surface area contributed by atoms with Crippen molar-refractivity contribution < 1.29 is 61.7 Å². The molecule has 3 atom stereocenters. The minimum absolute atomic E-state index is 0.0640. The van der Waals surface area contributed by atoms with Gasteiger partial charge in [0.15, 0.2) is 12.3 Å². The fraction of sp³-hybridized carbons (Fsp3) is 0.522. The van der Waals surface area contributed by atoms with Gasteiger partial charge in [-0.2, -0.15) is 0 Å². The number of benzene rings is 4. The number of epoxide rings is 3. The van der Waals surface area contributed by atoms with Gasteiger partial charge in [0, 0.05) is 46.0 Å². The lowest BCUT2D eigenvalue weighted by molar-refractivity contribution is -0.0135. The van der Waals surface area contributed by atoms with E-state index in [1.807, 2.05) is 6.07 Å². The van der Waals surface area contributed by atoms with Gasteiger partial charge in [-0.1, -0.05) is 24.3 Å². The van der Waals surface area contributed by atoms with Crippen LogP contribution in [0.4, 0.5) is 9.59 Å². The Morgan fingerprint density at radius 1 is 0.508 bits per heavy atom. The van der Waals surface area contributed by atoms with Crippen molar-refractivity contribution in [2.45, 2.75) is 49.9 Å². The van der Waals surface area contributed by atoms with E-state index in [1.54, 1.807) is 0 Å². The summed E-state index contributed by atoms with van der Waals surface area (Å²) in [7, 11) is 5.97. The number of carbonyl (C=O) groups excluding carboxylic acids is 2. The molecule has 0 radical (unpaired) electrons. The number of carbonyl (C=O) groups is 2. The molecule has 17 nitrogen and oxygen atoms in total. The standard InChI is InChI=1S/C34H34O7.C12H22N4O6/c1-2-21(1)14-35-24-7-3-22-5-9-33(40-19-27-17-38-27)31(29(22)11-24)13-32-30-12-25(36-15-26-16-37-26)8-4-23(30)6-10-34(32)41-20-28-18-39-28;1-19-5-13-9-10(15(7-21-3)11(13)17)16(8-22-4)12(18)14(9)6-20-2/h3-12,21,26-28H,1-2,13-20H2;9-10H,5-8H2,1-4H3. The van der Waals surface area contributed by atoms with Crippen LogP contribution in [-0.4, -0.2) is 164 Å². The van der Waals surface area contributed by atoms with Crippen LogP contribution < -0.4 is 18.9 Å². The highest BCUT2D eigenvalue weighted by Gasteiger charge is 2.59. The Labute approximate surface area is 366 Å². The number of ether oxygens (including phenoxy) is 11. The smallest absolute Gasteiger partial charge is 0.327 e. The van der Waals surface area contributed by atoms with Crippen LogP contribution in [0.3, 0.4) is 0 Å². The lowest BCUT2D eigenvalue weighted by atomic mass is 9.93. The van der Waals surface area contributed by atoms with Crippen LogP contribution in [-0.2, 0) is 39.6 Å². The third-order valence-electron chi connectivity index (χ3n) is 11.8. The van der Waals surface area contributed by atoms with Gasteiger partial charge in [-0.25, -0.2) is 9.59 Å². The predicted molar refractivity (Wildman–Crippen MR) is 228 cm³/mol. The average Bonchev–Trinajstić information content (AvgIpc) is 4.09. The van der Waals surface area contributed by atoms with Crippen LogP contribution in [0.2, 0.25) is 0 Å². The molecule has 6 aliphatic rings. The Morgan fingerprint density at radius 3 is 1.24 bits per heavy atom. The van der Waals surface area contributed by atoms with Crippen LogP contribution in [0.15, 0.2) is 60.7 Å². The van der Waals surface area contributed by atoms with Gasteiger partial charge in [-0.05, 0) is 76.7 Å². The van der Waals surface area contributed by atoms with Gasteiger partial charge in [0.25, 0.3) is 0 Å². The van der Waals surface area contributed by atoms with Crippen molar-refractivity contribution >= 4 is 33.6 Å². The van der Waals surface area contributed by atoms with Crippen molar-refractivity contribution in [3.8, 4) is 23.0 Å². The maximum absolute atomic E-state index is 12.6. The molecule has 4 aromatic carbocycles. The predicted octanol–water partition coefficient (Wildman–Crippen LogP) is 5.23. The Morgan fingerprint density at radius 2 is 0.873 bits per heavy atom. The maximum Gasteiger partial charge on any atom is 0.327 e. The Hall–Kier alpha value is -5.14. The molecule has 63 heavy (non-hydrogen) atoms. The number of methoxy groups -OCH3 is 4. The fourth-order valence-corrected chi connectivity index (χ4v) is 8.06. The van der Waals surface area contributed by atoms with E-state index in [0.29, 0.717) is 32.2 Å². The lowest BCUT2D eigenvalue weighted by Crippen LogP contribution is -2.48. The van der Waals surface area contributed by atoms with Gasteiger partial charge in [0.05, 0.1) is 26.4 Å². The first-order valence-electron chi connectivity index (χ1n) is 21.4. The van der Waals surface area contributed by atoms with Crippen molar-refractivity contribution in [1.82, 2.24) is 19.6 Å². The number of amides is 4. The van der Waals surface area contributed by atoms with E-state index in [4.69, 9.17) is 52.1 Å². The molecule has 5 heterocycles. The van der Waals surface area contributed by atoms with Gasteiger partial charge in [0.1, 0.15) is 88.1 Å². The molecule has 10 rings (SSSR count). The highest BCUT2D eigenvalue weighted by molar-refractivity contribution is 5.93. The quantitative estimate of drug-likeness (QED) is 0.0947. The number of urea groups is 2. The molecule has 17 heteroatoms. The second kappa shape index (κ2) is 19.3. The van der Waals surface area contributed by atoms with E-state index in [-0.39, 0.29) is 57.3 Å². The number of hydrogen-bond acceptors (Lipinski definition) is 13. The van der Waals surface area contributed by atoms with Gasteiger partial charge in [0.2, 0.25) is 0 Å². The van der Waals surface area contributed by atoms with Crippen LogP contribution >= 0.6 is 0 Å². The monoisotopic (exact) mass is 872 g/mol. The number of fused-ring (bicyclic) bond motifs is 3. The molecule has 0 aromatic heterocycles. The Bertz CT molecular complexity index is 2050. The zero-order valence-electron chi connectivity index (χ0n) is 36.2. The number of hydrogen-bond donors (Lipinski definition) is 0. The second-order valence-corrected chi connectivity index (χ2v) is 16.5. The molecular weight excluding hydrogens is 817 g/mol. The molecule has 338 valence electrons. The first-order chi connectivity index (χ1) is 30.9. The normalized spacial score (nSPS) is 23.3. The highest BCUT2D eigenvalue weighted by atomic mass is 16.6. The summed E-state index contributed by atoms with van der Waals surface area (Å²) in [5.74, 6) is 4.12. The van der Waals surface area contributed by atoms with Crippen molar-refractivity contribution in [3.63, 3.8) is 0 Å². The summed E-state index contributed by atoms with van der Waals surface area (Å²) >= 11 is 0. The molecule has 0 spiro atoms. The number of nitrogens with zero attached hydrogens (tertiary/aromatic N) is 4. The molecule has 5 saturated heterocycles.